The number of amides is 1. The van der Waals surface area contributed by atoms with E-state index in [-0.39, 0.29) is 5.91 Å². The lowest BCUT2D eigenvalue weighted by molar-refractivity contribution is -0.116. The van der Waals surface area contributed by atoms with Gasteiger partial charge in [0.1, 0.15) is 0 Å². The molecule has 7 heteroatoms. The molecule has 1 amide bonds. The smallest absolute Gasteiger partial charge is 0.225 e. The number of thiophene rings is 1. The summed E-state index contributed by atoms with van der Waals surface area (Å²) < 4.78 is 0. The maximum atomic E-state index is 11.5. The van der Waals surface area contributed by atoms with Gasteiger partial charge in [-0.2, -0.15) is 11.3 Å². The molecule has 5 nitrogen and oxygen atoms in total. The minimum absolute atomic E-state index is 0.00301. The van der Waals surface area contributed by atoms with Crippen LogP contribution >= 0.6 is 22.7 Å². The van der Waals surface area contributed by atoms with Crippen molar-refractivity contribution in [2.24, 2.45) is 0 Å². The molecule has 0 aromatic carbocycles. The molecular formula is C15H21N3O2S2. The summed E-state index contributed by atoms with van der Waals surface area (Å²) in [6, 6.07) is 1.93. The molecule has 2 aromatic heterocycles. The van der Waals surface area contributed by atoms with Gasteiger partial charge in [0.05, 0.1) is 11.3 Å². The summed E-state index contributed by atoms with van der Waals surface area (Å²) in [5, 5.41) is 20.2. The molecule has 1 unspecified atom stereocenters. The molecule has 120 valence electrons. The normalized spacial score (nSPS) is 13.8. The van der Waals surface area contributed by atoms with E-state index < -0.39 is 5.60 Å². The first-order valence-corrected chi connectivity index (χ1v) is 8.94. The number of aliphatic hydroxyl groups is 1. The van der Waals surface area contributed by atoms with Crippen molar-refractivity contribution in [3.63, 3.8) is 0 Å². The van der Waals surface area contributed by atoms with Crippen molar-refractivity contribution in [2.75, 3.05) is 18.0 Å². The van der Waals surface area contributed by atoms with Gasteiger partial charge in [0.25, 0.3) is 0 Å². The molecule has 2 N–H and O–H groups in total. The zero-order valence-electron chi connectivity index (χ0n) is 13.0. The van der Waals surface area contributed by atoms with Gasteiger partial charge in [0, 0.05) is 31.9 Å². The summed E-state index contributed by atoms with van der Waals surface area (Å²) in [4.78, 5) is 17.6. The van der Waals surface area contributed by atoms with Gasteiger partial charge in [0.15, 0.2) is 5.13 Å². The van der Waals surface area contributed by atoms with Crippen molar-refractivity contribution in [3.05, 3.63) is 33.5 Å². The summed E-state index contributed by atoms with van der Waals surface area (Å²) in [5.74, 6) is -0.00301. The highest BCUT2D eigenvalue weighted by Gasteiger charge is 2.23. The molecule has 0 saturated heterocycles. The number of carbonyl (C=O) groups excluding carboxylic acids is 1. The highest BCUT2D eigenvalue weighted by molar-refractivity contribution is 7.14. The van der Waals surface area contributed by atoms with Gasteiger partial charge in [-0.1, -0.05) is 0 Å². The highest BCUT2D eigenvalue weighted by atomic mass is 32.1. The third kappa shape index (κ3) is 4.13. The fourth-order valence-corrected chi connectivity index (χ4v) is 3.82. The lowest BCUT2D eigenvalue weighted by Gasteiger charge is -2.22. The largest absolute Gasteiger partial charge is 0.384 e. The summed E-state index contributed by atoms with van der Waals surface area (Å²) in [5.41, 5.74) is 0.895. The van der Waals surface area contributed by atoms with Crippen molar-refractivity contribution in [1.82, 2.24) is 10.3 Å². The van der Waals surface area contributed by atoms with Crippen molar-refractivity contribution < 1.29 is 9.90 Å². The molecular weight excluding hydrogens is 318 g/mol. The monoisotopic (exact) mass is 339 g/mol. The van der Waals surface area contributed by atoms with Crippen LogP contribution in [0.15, 0.2) is 22.2 Å². The molecule has 22 heavy (non-hydrogen) atoms. The second-order valence-electron chi connectivity index (χ2n) is 5.27. The Morgan fingerprint density at radius 3 is 2.86 bits per heavy atom. The van der Waals surface area contributed by atoms with Gasteiger partial charge < -0.3 is 10.4 Å². The van der Waals surface area contributed by atoms with Crippen LogP contribution in [0.1, 0.15) is 32.0 Å². The van der Waals surface area contributed by atoms with Gasteiger partial charge in [-0.15, -0.1) is 11.3 Å². The predicted octanol–water partition coefficient (Wildman–Crippen LogP) is 2.57. The number of hydrogen-bond acceptors (Lipinski definition) is 6. The molecule has 0 aliphatic heterocycles. The van der Waals surface area contributed by atoms with Gasteiger partial charge >= 0.3 is 0 Å². The first-order chi connectivity index (χ1) is 10.4. The lowest BCUT2D eigenvalue weighted by Crippen LogP contribution is -2.34. The van der Waals surface area contributed by atoms with Crippen LogP contribution in [0.3, 0.4) is 0 Å². The van der Waals surface area contributed by atoms with E-state index in [2.05, 4.69) is 10.3 Å². The molecule has 2 rings (SSSR count). The molecule has 0 aliphatic rings. The van der Waals surface area contributed by atoms with E-state index in [4.69, 9.17) is 0 Å². The summed E-state index contributed by atoms with van der Waals surface area (Å²) in [7, 11) is 0. The predicted molar refractivity (Wildman–Crippen MR) is 91.4 cm³/mol. The number of nitrogens with zero attached hydrogens (tertiary/aromatic N) is 2. The standard InChI is InChI=1S/C15H21N3O2S2/c1-4-18(11(2)19)14-17-13(9-22-14)7-16-10-15(3,20)12-5-6-21-8-12/h5-6,8-9,16,20H,4,7,10H2,1-3H3. The Morgan fingerprint density at radius 1 is 1.50 bits per heavy atom. The van der Waals surface area contributed by atoms with Crippen LogP contribution in [-0.4, -0.2) is 29.1 Å². The lowest BCUT2D eigenvalue weighted by atomic mass is 9.99. The molecule has 1 atom stereocenters. The second kappa shape index (κ2) is 7.32. The van der Waals surface area contributed by atoms with Crippen LogP contribution < -0.4 is 10.2 Å². The number of nitrogens with one attached hydrogen (secondary N) is 1. The van der Waals surface area contributed by atoms with Crippen LogP contribution in [0.25, 0.3) is 0 Å². The van der Waals surface area contributed by atoms with Gasteiger partial charge in [-0.3, -0.25) is 9.69 Å². The molecule has 0 aliphatic carbocycles. The summed E-state index contributed by atoms with van der Waals surface area (Å²) in [6.07, 6.45) is 0. The van der Waals surface area contributed by atoms with Crippen molar-refractivity contribution in [3.8, 4) is 0 Å². The molecule has 0 spiro atoms. The quantitative estimate of drug-likeness (QED) is 0.814. The van der Waals surface area contributed by atoms with E-state index in [0.717, 1.165) is 16.4 Å². The maximum absolute atomic E-state index is 11.5. The molecule has 0 bridgehead atoms. The first kappa shape index (κ1) is 17.1. The van der Waals surface area contributed by atoms with E-state index in [1.165, 1.54) is 11.3 Å². The molecule has 0 saturated carbocycles. The average molecular weight is 339 g/mol. The molecule has 0 radical (unpaired) electrons. The molecule has 2 heterocycles. The zero-order chi connectivity index (χ0) is 16.2. The Kier molecular flexibility index (Phi) is 5.69. The van der Waals surface area contributed by atoms with Crippen LogP contribution in [-0.2, 0) is 16.9 Å². The number of thiazole rings is 1. The number of aromatic nitrogens is 1. The van der Waals surface area contributed by atoms with Crippen molar-refractivity contribution >= 4 is 33.7 Å². The number of rotatable bonds is 7. The fraction of sp³-hybridized carbons (Fsp3) is 0.467. The van der Waals surface area contributed by atoms with Gasteiger partial charge in [-0.25, -0.2) is 4.98 Å². The van der Waals surface area contributed by atoms with Gasteiger partial charge in [0.2, 0.25) is 5.91 Å². The molecule has 0 fully saturated rings. The number of carbonyl (C=O) groups is 1. The van der Waals surface area contributed by atoms with Crippen molar-refractivity contribution in [1.29, 1.82) is 0 Å². The second-order valence-corrected chi connectivity index (χ2v) is 6.89. The molecule has 2 aromatic rings. The SMILES string of the molecule is CCN(C(C)=O)c1nc(CNCC(C)(O)c2ccsc2)cs1. The highest BCUT2D eigenvalue weighted by Crippen LogP contribution is 2.23. The topological polar surface area (TPSA) is 65.5 Å². The van der Waals surface area contributed by atoms with E-state index >= 15 is 0 Å². The minimum Gasteiger partial charge on any atom is -0.384 e. The van der Waals surface area contributed by atoms with E-state index in [1.807, 2.05) is 29.1 Å². The first-order valence-electron chi connectivity index (χ1n) is 7.12. The van der Waals surface area contributed by atoms with Crippen molar-refractivity contribution in [2.45, 2.75) is 32.9 Å². The summed E-state index contributed by atoms with van der Waals surface area (Å²) in [6.45, 7) is 6.89. The Bertz CT molecular complexity index is 608. The average Bonchev–Trinajstić information content (AvgIpc) is 3.10. The zero-order valence-corrected chi connectivity index (χ0v) is 14.6. The van der Waals surface area contributed by atoms with Crippen LogP contribution in [0.2, 0.25) is 0 Å². The van der Waals surface area contributed by atoms with E-state index in [9.17, 15) is 9.90 Å². The Balaban J connectivity index is 1.90. The van der Waals surface area contributed by atoms with E-state index in [1.54, 1.807) is 30.1 Å². The third-order valence-corrected chi connectivity index (χ3v) is 4.98. The Hall–Kier alpha value is -1.28. The fourth-order valence-electron chi connectivity index (χ4n) is 2.10. The van der Waals surface area contributed by atoms with Gasteiger partial charge in [-0.05, 0) is 36.2 Å². The van der Waals surface area contributed by atoms with Crippen LogP contribution in [0, 0.1) is 0 Å². The summed E-state index contributed by atoms with van der Waals surface area (Å²) >= 11 is 3.03. The minimum atomic E-state index is -0.895. The maximum Gasteiger partial charge on any atom is 0.225 e. The Morgan fingerprint density at radius 2 is 2.27 bits per heavy atom. The Labute approximate surface area is 138 Å². The van der Waals surface area contributed by atoms with E-state index in [0.29, 0.717) is 19.6 Å². The third-order valence-electron chi connectivity index (χ3n) is 3.39. The number of hydrogen-bond donors (Lipinski definition) is 2. The van der Waals surface area contributed by atoms with Crippen LogP contribution in [0.5, 0.6) is 0 Å². The van der Waals surface area contributed by atoms with Crippen LogP contribution in [0.4, 0.5) is 5.13 Å². The number of anilines is 1.